The summed E-state index contributed by atoms with van der Waals surface area (Å²) >= 11 is 6.18. The Morgan fingerprint density at radius 2 is 1.76 bits per heavy atom. The van der Waals surface area contributed by atoms with Gasteiger partial charge in [-0.15, -0.1) is 0 Å². The molecule has 0 aliphatic heterocycles. The van der Waals surface area contributed by atoms with E-state index in [1.807, 2.05) is 76.2 Å². The highest BCUT2D eigenvalue weighted by atomic mass is 35.5. The monoisotopic (exact) mass is 458 g/mol. The molecule has 0 amide bonds. The third-order valence-corrected chi connectivity index (χ3v) is 5.69. The second kappa shape index (κ2) is 9.05. The lowest BCUT2D eigenvalue weighted by Crippen LogP contribution is -2.27. The van der Waals surface area contributed by atoms with Gasteiger partial charge in [-0.05, 0) is 93.3 Å². The Morgan fingerprint density at radius 3 is 2.36 bits per heavy atom. The van der Waals surface area contributed by atoms with E-state index >= 15 is 0 Å². The molecule has 2 aromatic carbocycles. The number of pyridine rings is 2. The number of ether oxygens (including phenoxy) is 1. The molecule has 0 aliphatic rings. The summed E-state index contributed by atoms with van der Waals surface area (Å²) in [5, 5.41) is 1.61. The zero-order valence-corrected chi connectivity index (χ0v) is 20.3. The molecule has 0 saturated heterocycles. The number of Topliss-reactive ketones (excluding diaryl/α,β-unsaturated/α-hetero) is 1. The van der Waals surface area contributed by atoms with Crippen LogP contribution in [0.4, 0.5) is 0 Å². The lowest BCUT2D eigenvalue weighted by Gasteiger charge is -2.29. The van der Waals surface area contributed by atoms with Crippen LogP contribution in [0.5, 0.6) is 0 Å². The Kier molecular flexibility index (Phi) is 6.33. The summed E-state index contributed by atoms with van der Waals surface area (Å²) in [6.07, 6.45) is 2.85. The number of carbonyl (C=O) groups is 1. The third-order valence-electron chi connectivity index (χ3n) is 5.43. The van der Waals surface area contributed by atoms with Crippen LogP contribution in [0.15, 0.2) is 67.0 Å². The number of hydrogen-bond donors (Lipinski definition) is 0. The lowest BCUT2D eigenvalue weighted by atomic mass is 9.87. The fourth-order valence-corrected chi connectivity index (χ4v) is 4.19. The average Bonchev–Trinajstić information content (AvgIpc) is 2.77. The van der Waals surface area contributed by atoms with Gasteiger partial charge < -0.3 is 4.74 Å². The van der Waals surface area contributed by atoms with E-state index < -0.39 is 11.7 Å². The SMILES string of the molecule is CC(=O)[C@@H](OC(C)(C)C)c1c(C)cc2nc(-c3cccnc3)ccc2c1-c1ccc(Cl)cc1. The molecule has 0 unspecified atom stereocenters. The summed E-state index contributed by atoms with van der Waals surface area (Å²) in [6.45, 7) is 9.47. The van der Waals surface area contributed by atoms with Crippen molar-refractivity contribution >= 4 is 28.3 Å². The summed E-state index contributed by atoms with van der Waals surface area (Å²) in [6, 6.07) is 17.6. The number of nitrogens with zero attached hydrogens (tertiary/aromatic N) is 2. The number of fused-ring (bicyclic) bond motifs is 1. The molecule has 33 heavy (non-hydrogen) atoms. The van der Waals surface area contributed by atoms with Gasteiger partial charge in [0.2, 0.25) is 0 Å². The van der Waals surface area contributed by atoms with E-state index in [-0.39, 0.29) is 5.78 Å². The number of hydrogen-bond acceptors (Lipinski definition) is 4. The predicted octanol–water partition coefficient (Wildman–Crippen LogP) is 7.37. The lowest BCUT2D eigenvalue weighted by molar-refractivity contribution is -0.138. The van der Waals surface area contributed by atoms with Crippen LogP contribution in [0, 0.1) is 6.92 Å². The van der Waals surface area contributed by atoms with Crippen molar-refractivity contribution in [1.29, 1.82) is 0 Å². The minimum Gasteiger partial charge on any atom is -0.360 e. The van der Waals surface area contributed by atoms with Crippen LogP contribution in [-0.4, -0.2) is 21.4 Å². The van der Waals surface area contributed by atoms with Gasteiger partial charge in [0, 0.05) is 28.4 Å². The predicted molar refractivity (Wildman–Crippen MR) is 134 cm³/mol. The highest BCUT2D eigenvalue weighted by Crippen LogP contribution is 2.41. The summed E-state index contributed by atoms with van der Waals surface area (Å²) in [4.78, 5) is 22.0. The van der Waals surface area contributed by atoms with Crippen molar-refractivity contribution in [1.82, 2.24) is 9.97 Å². The molecule has 168 valence electrons. The Labute approximate surface area is 199 Å². The fourth-order valence-electron chi connectivity index (χ4n) is 4.06. The highest BCUT2D eigenvalue weighted by Gasteiger charge is 2.29. The second-order valence-corrected chi connectivity index (χ2v) is 9.65. The van der Waals surface area contributed by atoms with Gasteiger partial charge in [0.15, 0.2) is 5.78 Å². The first kappa shape index (κ1) is 23.1. The standard InChI is InChI=1S/C28H27ClN2O2/c1-17-15-24-22(12-13-23(31-24)20-7-6-14-30-16-20)26(19-8-10-21(29)11-9-19)25(17)27(18(2)32)33-28(3,4)5/h6-16,27H,1-5H3/t27-/m1/s1. The van der Waals surface area contributed by atoms with Gasteiger partial charge in [-0.3, -0.25) is 9.78 Å². The molecule has 4 rings (SSSR count). The zero-order valence-electron chi connectivity index (χ0n) is 19.5. The minimum absolute atomic E-state index is 0.0393. The third kappa shape index (κ3) is 4.97. The Morgan fingerprint density at radius 1 is 1.03 bits per heavy atom. The summed E-state index contributed by atoms with van der Waals surface area (Å²) in [5.41, 5.74) is 5.87. The van der Waals surface area contributed by atoms with Crippen LogP contribution >= 0.6 is 11.6 Å². The summed E-state index contributed by atoms with van der Waals surface area (Å²) in [5.74, 6) is -0.0393. The maximum atomic E-state index is 12.8. The zero-order chi connectivity index (χ0) is 23.8. The van der Waals surface area contributed by atoms with Crippen molar-refractivity contribution in [3.8, 4) is 22.4 Å². The van der Waals surface area contributed by atoms with Crippen LogP contribution in [-0.2, 0) is 9.53 Å². The first-order chi connectivity index (χ1) is 15.6. The molecule has 0 fully saturated rings. The second-order valence-electron chi connectivity index (χ2n) is 9.21. The number of aromatic nitrogens is 2. The largest absolute Gasteiger partial charge is 0.360 e. The molecule has 0 spiro atoms. The first-order valence-electron chi connectivity index (χ1n) is 10.9. The van der Waals surface area contributed by atoms with E-state index in [1.54, 1.807) is 19.3 Å². The van der Waals surface area contributed by atoms with E-state index in [0.717, 1.165) is 44.4 Å². The fraction of sp³-hybridized carbons (Fsp3) is 0.250. The number of benzene rings is 2. The summed E-state index contributed by atoms with van der Waals surface area (Å²) < 4.78 is 6.29. The van der Waals surface area contributed by atoms with Crippen LogP contribution in [0.25, 0.3) is 33.3 Å². The maximum absolute atomic E-state index is 12.8. The van der Waals surface area contributed by atoms with Crippen molar-refractivity contribution in [2.45, 2.75) is 46.3 Å². The first-order valence-corrected chi connectivity index (χ1v) is 11.3. The molecule has 4 aromatic rings. The molecule has 0 N–H and O–H groups in total. The van der Waals surface area contributed by atoms with Gasteiger partial charge in [-0.1, -0.05) is 29.8 Å². The number of rotatable bonds is 5. The normalized spacial score (nSPS) is 12.7. The Bertz CT molecular complexity index is 1310. The molecule has 2 heterocycles. The quantitative estimate of drug-likeness (QED) is 0.313. The smallest absolute Gasteiger partial charge is 0.163 e. The van der Waals surface area contributed by atoms with E-state index in [0.29, 0.717) is 5.02 Å². The number of ketones is 1. The highest BCUT2D eigenvalue weighted by molar-refractivity contribution is 6.30. The number of halogens is 1. The minimum atomic E-state index is -0.696. The van der Waals surface area contributed by atoms with Gasteiger partial charge in [-0.25, -0.2) is 4.98 Å². The Balaban J connectivity index is 2.02. The van der Waals surface area contributed by atoms with Crippen molar-refractivity contribution in [2.75, 3.05) is 0 Å². The molecular weight excluding hydrogens is 432 g/mol. The van der Waals surface area contributed by atoms with E-state index in [1.165, 1.54) is 0 Å². The molecule has 0 bridgehead atoms. The van der Waals surface area contributed by atoms with Crippen LogP contribution in [0.1, 0.15) is 44.9 Å². The molecule has 5 heteroatoms. The molecule has 0 radical (unpaired) electrons. The van der Waals surface area contributed by atoms with Crippen LogP contribution in [0.3, 0.4) is 0 Å². The number of aryl methyl sites for hydroxylation is 1. The molecule has 1 atom stereocenters. The topological polar surface area (TPSA) is 52.1 Å². The van der Waals surface area contributed by atoms with Crippen molar-refractivity contribution in [3.05, 3.63) is 83.1 Å². The van der Waals surface area contributed by atoms with Gasteiger partial charge in [0.05, 0.1) is 16.8 Å². The Hall–Kier alpha value is -3.08. The number of carbonyl (C=O) groups excluding carboxylic acids is 1. The van der Waals surface area contributed by atoms with Gasteiger partial charge >= 0.3 is 0 Å². The molecular formula is C28H27ClN2O2. The molecule has 2 aromatic heterocycles. The van der Waals surface area contributed by atoms with E-state index in [4.69, 9.17) is 21.3 Å². The van der Waals surface area contributed by atoms with Gasteiger partial charge in [0.25, 0.3) is 0 Å². The van der Waals surface area contributed by atoms with Gasteiger partial charge in [-0.2, -0.15) is 0 Å². The molecule has 0 saturated carbocycles. The van der Waals surface area contributed by atoms with Crippen molar-refractivity contribution in [3.63, 3.8) is 0 Å². The molecule has 0 aliphatic carbocycles. The van der Waals surface area contributed by atoms with Gasteiger partial charge in [0.1, 0.15) is 6.10 Å². The molecule has 4 nitrogen and oxygen atoms in total. The van der Waals surface area contributed by atoms with E-state index in [2.05, 4.69) is 11.1 Å². The van der Waals surface area contributed by atoms with Crippen molar-refractivity contribution in [2.24, 2.45) is 0 Å². The van der Waals surface area contributed by atoms with Crippen molar-refractivity contribution < 1.29 is 9.53 Å². The maximum Gasteiger partial charge on any atom is 0.163 e. The average molecular weight is 459 g/mol. The van der Waals surface area contributed by atoms with E-state index in [9.17, 15) is 4.79 Å². The van der Waals surface area contributed by atoms with Crippen LogP contribution < -0.4 is 0 Å². The van der Waals surface area contributed by atoms with Crippen LogP contribution in [0.2, 0.25) is 5.02 Å². The summed E-state index contributed by atoms with van der Waals surface area (Å²) in [7, 11) is 0.